The maximum atomic E-state index is 5.83. The minimum Gasteiger partial charge on any atom is -0.383 e. The SMILES string of the molecule is CCN(c1nc(N)nc2sc(C)cc12)C(C)COC. The van der Waals surface area contributed by atoms with Crippen molar-refractivity contribution in [3.63, 3.8) is 0 Å². The number of anilines is 2. The Hall–Kier alpha value is -1.40. The van der Waals surface area contributed by atoms with E-state index in [1.54, 1.807) is 18.4 Å². The smallest absolute Gasteiger partial charge is 0.223 e. The Morgan fingerprint density at radius 1 is 1.47 bits per heavy atom. The van der Waals surface area contributed by atoms with Gasteiger partial charge in [0.1, 0.15) is 10.6 Å². The van der Waals surface area contributed by atoms with E-state index in [1.807, 2.05) is 0 Å². The van der Waals surface area contributed by atoms with Crippen molar-refractivity contribution in [3.8, 4) is 0 Å². The second-order valence-electron chi connectivity index (χ2n) is 4.57. The van der Waals surface area contributed by atoms with Crippen LogP contribution in [0, 0.1) is 6.92 Å². The predicted molar refractivity (Wildman–Crippen MR) is 80.9 cm³/mol. The van der Waals surface area contributed by atoms with Crippen LogP contribution in [0.3, 0.4) is 0 Å². The number of rotatable bonds is 5. The zero-order valence-electron chi connectivity index (χ0n) is 11.8. The Morgan fingerprint density at radius 2 is 2.21 bits per heavy atom. The van der Waals surface area contributed by atoms with Gasteiger partial charge in [0.25, 0.3) is 0 Å². The molecule has 6 heteroatoms. The van der Waals surface area contributed by atoms with Crippen molar-refractivity contribution < 1.29 is 4.74 Å². The molecule has 2 rings (SSSR count). The zero-order valence-corrected chi connectivity index (χ0v) is 12.6. The summed E-state index contributed by atoms with van der Waals surface area (Å²) in [5, 5.41) is 1.07. The molecule has 104 valence electrons. The first-order chi connectivity index (χ1) is 9.06. The molecule has 0 radical (unpaired) electrons. The molecule has 0 aromatic carbocycles. The topological polar surface area (TPSA) is 64.3 Å². The van der Waals surface area contributed by atoms with Crippen LogP contribution in [0.5, 0.6) is 0 Å². The fourth-order valence-corrected chi connectivity index (χ4v) is 3.14. The van der Waals surface area contributed by atoms with Crippen LogP contribution in [0.4, 0.5) is 11.8 Å². The first kappa shape index (κ1) is 14.0. The maximum absolute atomic E-state index is 5.83. The third-order valence-corrected chi connectivity index (χ3v) is 4.01. The summed E-state index contributed by atoms with van der Waals surface area (Å²) in [5.41, 5.74) is 5.83. The molecule has 0 aliphatic heterocycles. The number of hydrogen-bond acceptors (Lipinski definition) is 6. The number of nitrogens with zero attached hydrogens (tertiary/aromatic N) is 3. The average molecular weight is 280 g/mol. The van der Waals surface area contributed by atoms with E-state index in [-0.39, 0.29) is 6.04 Å². The monoisotopic (exact) mass is 280 g/mol. The van der Waals surface area contributed by atoms with E-state index >= 15 is 0 Å². The zero-order chi connectivity index (χ0) is 14.0. The van der Waals surface area contributed by atoms with Gasteiger partial charge in [0, 0.05) is 18.5 Å². The molecule has 2 aromatic heterocycles. The van der Waals surface area contributed by atoms with Crippen molar-refractivity contribution in [2.24, 2.45) is 0 Å². The quantitative estimate of drug-likeness (QED) is 0.911. The van der Waals surface area contributed by atoms with Crippen molar-refractivity contribution >= 4 is 33.3 Å². The van der Waals surface area contributed by atoms with Crippen LogP contribution in [0.25, 0.3) is 10.2 Å². The Bertz CT molecular complexity index is 569. The number of methoxy groups -OCH3 is 1. The molecule has 1 atom stereocenters. The van der Waals surface area contributed by atoms with E-state index in [0.717, 1.165) is 22.6 Å². The molecule has 0 saturated heterocycles. The first-order valence-corrected chi connectivity index (χ1v) is 7.17. The van der Waals surface area contributed by atoms with Gasteiger partial charge in [-0.15, -0.1) is 11.3 Å². The van der Waals surface area contributed by atoms with E-state index in [0.29, 0.717) is 12.6 Å². The summed E-state index contributed by atoms with van der Waals surface area (Å²) >= 11 is 1.64. The van der Waals surface area contributed by atoms with Crippen LogP contribution in [0.1, 0.15) is 18.7 Å². The summed E-state index contributed by atoms with van der Waals surface area (Å²) in [6, 6.07) is 2.37. The minimum absolute atomic E-state index is 0.243. The van der Waals surface area contributed by atoms with Crippen LogP contribution in [-0.2, 0) is 4.74 Å². The molecule has 0 spiro atoms. The van der Waals surface area contributed by atoms with Gasteiger partial charge < -0.3 is 15.4 Å². The van der Waals surface area contributed by atoms with Crippen molar-refractivity contribution in [3.05, 3.63) is 10.9 Å². The van der Waals surface area contributed by atoms with Crippen molar-refractivity contribution in [2.45, 2.75) is 26.8 Å². The second kappa shape index (κ2) is 5.71. The first-order valence-electron chi connectivity index (χ1n) is 6.36. The van der Waals surface area contributed by atoms with Gasteiger partial charge in [0.15, 0.2) is 0 Å². The fourth-order valence-electron chi connectivity index (χ4n) is 2.26. The number of nitrogen functional groups attached to an aromatic ring is 1. The third kappa shape index (κ3) is 2.79. The highest BCUT2D eigenvalue weighted by Gasteiger charge is 2.19. The van der Waals surface area contributed by atoms with Gasteiger partial charge in [-0.3, -0.25) is 0 Å². The van der Waals surface area contributed by atoms with E-state index in [1.165, 1.54) is 4.88 Å². The molecule has 2 N–H and O–H groups in total. The molecule has 2 aromatic rings. The highest BCUT2D eigenvalue weighted by atomic mass is 32.1. The van der Waals surface area contributed by atoms with Crippen LogP contribution < -0.4 is 10.6 Å². The van der Waals surface area contributed by atoms with Crippen molar-refractivity contribution in [1.29, 1.82) is 0 Å². The van der Waals surface area contributed by atoms with Crippen LogP contribution in [-0.4, -0.2) is 36.3 Å². The lowest BCUT2D eigenvalue weighted by Gasteiger charge is -2.29. The molecule has 0 fully saturated rings. The normalized spacial score (nSPS) is 12.8. The lowest BCUT2D eigenvalue weighted by atomic mass is 10.2. The van der Waals surface area contributed by atoms with Gasteiger partial charge in [0.2, 0.25) is 5.95 Å². The van der Waals surface area contributed by atoms with Crippen LogP contribution >= 0.6 is 11.3 Å². The number of likely N-dealkylation sites (N-methyl/N-ethyl adjacent to an activating group) is 1. The largest absolute Gasteiger partial charge is 0.383 e. The number of hydrogen-bond donors (Lipinski definition) is 1. The lowest BCUT2D eigenvalue weighted by Crippen LogP contribution is -2.37. The molecule has 19 heavy (non-hydrogen) atoms. The number of nitrogens with two attached hydrogens (primary N) is 1. The van der Waals surface area contributed by atoms with E-state index in [4.69, 9.17) is 10.5 Å². The third-order valence-electron chi connectivity index (χ3n) is 3.07. The summed E-state index contributed by atoms with van der Waals surface area (Å²) in [4.78, 5) is 13.1. The molecule has 0 amide bonds. The van der Waals surface area contributed by atoms with Crippen molar-refractivity contribution in [2.75, 3.05) is 30.9 Å². The molecule has 0 aliphatic carbocycles. The predicted octanol–water partition coefficient (Wildman–Crippen LogP) is 2.44. The Morgan fingerprint density at radius 3 is 2.84 bits per heavy atom. The Labute approximate surface area is 117 Å². The molecule has 2 heterocycles. The van der Waals surface area contributed by atoms with Crippen LogP contribution in [0.15, 0.2) is 6.07 Å². The van der Waals surface area contributed by atoms with Crippen LogP contribution in [0.2, 0.25) is 0 Å². The molecule has 0 bridgehead atoms. The van der Waals surface area contributed by atoms with Gasteiger partial charge in [-0.05, 0) is 26.8 Å². The number of ether oxygens (including phenoxy) is 1. The van der Waals surface area contributed by atoms with Gasteiger partial charge in [-0.2, -0.15) is 4.98 Å². The summed E-state index contributed by atoms with van der Waals surface area (Å²) in [6.45, 7) is 7.81. The molecule has 5 nitrogen and oxygen atoms in total. The maximum Gasteiger partial charge on any atom is 0.223 e. The van der Waals surface area contributed by atoms with E-state index < -0.39 is 0 Å². The number of aryl methyl sites for hydroxylation is 1. The standard InChI is InChI=1S/C13H20N4OS/c1-5-17(8(2)7-18-4)11-10-6-9(3)19-12(10)16-13(14)15-11/h6,8H,5,7H2,1-4H3,(H2,14,15,16). The Balaban J connectivity index is 2.52. The second-order valence-corrected chi connectivity index (χ2v) is 5.81. The number of thiophene rings is 1. The van der Waals surface area contributed by atoms with Gasteiger partial charge in [-0.1, -0.05) is 0 Å². The summed E-state index contributed by atoms with van der Waals surface area (Å²) in [6.07, 6.45) is 0. The molecule has 0 saturated carbocycles. The average Bonchev–Trinajstić information content (AvgIpc) is 2.70. The van der Waals surface area contributed by atoms with E-state index in [9.17, 15) is 0 Å². The fraction of sp³-hybridized carbons (Fsp3) is 0.538. The molecule has 1 unspecified atom stereocenters. The summed E-state index contributed by atoms with van der Waals surface area (Å²) in [5.74, 6) is 1.23. The molecular weight excluding hydrogens is 260 g/mol. The summed E-state index contributed by atoms with van der Waals surface area (Å²) < 4.78 is 5.24. The summed E-state index contributed by atoms with van der Waals surface area (Å²) in [7, 11) is 1.71. The highest BCUT2D eigenvalue weighted by molar-refractivity contribution is 7.18. The minimum atomic E-state index is 0.243. The van der Waals surface area contributed by atoms with Crippen molar-refractivity contribution in [1.82, 2.24) is 9.97 Å². The Kier molecular flexibility index (Phi) is 4.21. The number of fused-ring (bicyclic) bond motifs is 1. The van der Waals surface area contributed by atoms with Gasteiger partial charge in [0.05, 0.1) is 18.0 Å². The lowest BCUT2D eigenvalue weighted by molar-refractivity contribution is 0.182. The van der Waals surface area contributed by atoms with E-state index in [2.05, 4.69) is 41.7 Å². The molecular formula is C13H20N4OS. The van der Waals surface area contributed by atoms with Gasteiger partial charge >= 0.3 is 0 Å². The number of aromatic nitrogens is 2. The van der Waals surface area contributed by atoms with Gasteiger partial charge in [-0.25, -0.2) is 4.98 Å². The highest BCUT2D eigenvalue weighted by Crippen LogP contribution is 2.31. The molecule has 0 aliphatic rings.